The fourth-order valence-corrected chi connectivity index (χ4v) is 5.13. The molecule has 1 saturated carbocycles. The normalized spacial score (nSPS) is 23.0. The van der Waals surface area contributed by atoms with E-state index in [4.69, 9.17) is 0 Å². The molecule has 2 aliphatic rings. The van der Waals surface area contributed by atoms with Crippen LogP contribution in [0.15, 0.2) is 17.6 Å². The van der Waals surface area contributed by atoms with Crippen LogP contribution in [0.25, 0.3) is 0 Å². The lowest BCUT2D eigenvalue weighted by molar-refractivity contribution is 0.102. The molecular formula is C14H16N4O3S2. The van der Waals surface area contributed by atoms with Crippen LogP contribution in [0.5, 0.6) is 0 Å². The van der Waals surface area contributed by atoms with Gasteiger partial charge in [-0.15, -0.1) is 11.3 Å². The minimum absolute atomic E-state index is 0.113. The average molecular weight is 352 g/mol. The molecule has 9 heteroatoms. The van der Waals surface area contributed by atoms with Crippen molar-refractivity contribution in [3.8, 4) is 0 Å². The van der Waals surface area contributed by atoms with Gasteiger partial charge in [0.15, 0.2) is 20.7 Å². The van der Waals surface area contributed by atoms with E-state index in [-0.39, 0.29) is 23.5 Å². The summed E-state index contributed by atoms with van der Waals surface area (Å²) in [7, 11) is -2.99. The number of rotatable bonds is 4. The second kappa shape index (κ2) is 5.41. The van der Waals surface area contributed by atoms with E-state index < -0.39 is 9.84 Å². The number of carbonyl (C=O) groups excluding carboxylic acids is 1. The highest BCUT2D eigenvalue weighted by Gasteiger charge is 2.36. The van der Waals surface area contributed by atoms with E-state index in [9.17, 15) is 13.2 Å². The molecule has 1 N–H and O–H groups in total. The van der Waals surface area contributed by atoms with Crippen molar-refractivity contribution in [2.24, 2.45) is 0 Å². The predicted molar refractivity (Wildman–Crippen MR) is 86.6 cm³/mol. The summed E-state index contributed by atoms with van der Waals surface area (Å²) in [6.45, 7) is 0. The van der Waals surface area contributed by atoms with Crippen LogP contribution >= 0.6 is 11.3 Å². The second-order valence-corrected chi connectivity index (χ2v) is 9.14. The van der Waals surface area contributed by atoms with Gasteiger partial charge in [-0.25, -0.2) is 13.4 Å². The zero-order valence-electron chi connectivity index (χ0n) is 12.3. The Balaban J connectivity index is 1.62. The number of hydrogen-bond acceptors (Lipinski definition) is 6. The molecule has 23 heavy (non-hydrogen) atoms. The molecule has 1 saturated heterocycles. The van der Waals surface area contributed by atoms with Crippen LogP contribution in [0.4, 0.5) is 5.13 Å². The number of carbonyl (C=O) groups is 1. The lowest BCUT2D eigenvalue weighted by atomic mass is 10.2. The van der Waals surface area contributed by atoms with E-state index in [1.165, 1.54) is 11.3 Å². The quantitative estimate of drug-likeness (QED) is 0.906. The first-order valence-corrected chi connectivity index (χ1v) is 10.2. The maximum Gasteiger partial charge on any atom is 0.277 e. The van der Waals surface area contributed by atoms with Crippen molar-refractivity contribution >= 4 is 32.2 Å². The number of aromatic nitrogens is 3. The van der Waals surface area contributed by atoms with Crippen LogP contribution in [0, 0.1) is 0 Å². The van der Waals surface area contributed by atoms with Gasteiger partial charge in [-0.3, -0.25) is 14.8 Å². The lowest BCUT2D eigenvalue weighted by Gasteiger charge is -2.12. The first-order valence-electron chi connectivity index (χ1n) is 7.52. The molecular weight excluding hydrogens is 336 g/mol. The fraction of sp³-hybridized carbons (Fsp3) is 0.500. The Morgan fingerprint density at radius 2 is 2.17 bits per heavy atom. The highest BCUT2D eigenvalue weighted by molar-refractivity contribution is 7.91. The van der Waals surface area contributed by atoms with Crippen molar-refractivity contribution in [2.75, 3.05) is 16.8 Å². The number of sulfone groups is 1. The zero-order chi connectivity index (χ0) is 16.0. The van der Waals surface area contributed by atoms with Gasteiger partial charge in [0.1, 0.15) is 0 Å². The molecule has 0 bridgehead atoms. The van der Waals surface area contributed by atoms with Gasteiger partial charge < -0.3 is 0 Å². The Morgan fingerprint density at radius 3 is 2.78 bits per heavy atom. The summed E-state index contributed by atoms with van der Waals surface area (Å²) in [5, 5.41) is 9.45. The van der Waals surface area contributed by atoms with Gasteiger partial charge in [0.2, 0.25) is 0 Å². The first-order chi connectivity index (χ1) is 11.0. The van der Waals surface area contributed by atoms with Crippen molar-refractivity contribution < 1.29 is 13.2 Å². The summed E-state index contributed by atoms with van der Waals surface area (Å²) in [5.74, 6) is 0.401. The second-order valence-electron chi connectivity index (χ2n) is 6.02. The van der Waals surface area contributed by atoms with Gasteiger partial charge in [0.05, 0.1) is 17.5 Å². The van der Waals surface area contributed by atoms with E-state index >= 15 is 0 Å². The molecule has 1 aliphatic carbocycles. The maximum atomic E-state index is 12.3. The molecule has 0 radical (unpaired) electrons. The number of thiazole rings is 1. The van der Waals surface area contributed by atoms with Crippen LogP contribution < -0.4 is 5.32 Å². The Hall–Kier alpha value is -1.74. The maximum absolute atomic E-state index is 12.3. The van der Waals surface area contributed by atoms with Gasteiger partial charge in [-0.1, -0.05) is 0 Å². The van der Waals surface area contributed by atoms with Crippen molar-refractivity contribution in [1.82, 2.24) is 14.8 Å². The van der Waals surface area contributed by atoms with Gasteiger partial charge in [-0.2, -0.15) is 5.10 Å². The van der Waals surface area contributed by atoms with Crippen LogP contribution in [0.1, 0.15) is 47.4 Å². The molecule has 2 aromatic rings. The third kappa shape index (κ3) is 3.02. The summed E-state index contributed by atoms with van der Waals surface area (Å²) >= 11 is 1.34. The summed E-state index contributed by atoms with van der Waals surface area (Å²) in [4.78, 5) is 16.4. The summed E-state index contributed by atoms with van der Waals surface area (Å²) in [5.41, 5.74) is 1.31. The summed E-state index contributed by atoms with van der Waals surface area (Å²) in [6, 6.07) is 1.64. The van der Waals surface area contributed by atoms with E-state index in [2.05, 4.69) is 15.4 Å². The largest absolute Gasteiger partial charge is 0.296 e. The molecule has 2 fully saturated rings. The highest BCUT2D eigenvalue weighted by atomic mass is 32.2. The highest BCUT2D eigenvalue weighted by Crippen LogP contribution is 2.42. The van der Waals surface area contributed by atoms with Crippen molar-refractivity contribution in [3.63, 3.8) is 0 Å². The third-order valence-electron chi connectivity index (χ3n) is 4.20. The minimum Gasteiger partial charge on any atom is -0.296 e. The number of anilines is 1. The van der Waals surface area contributed by atoms with Gasteiger partial charge in [0.25, 0.3) is 5.91 Å². The molecule has 1 unspecified atom stereocenters. The Labute approximate surface area is 137 Å². The first kappa shape index (κ1) is 14.8. The fourth-order valence-electron chi connectivity index (χ4n) is 2.91. The standard InChI is InChI=1S/C14H16N4O3S2/c19-13(16-14-15-4-5-22-14)11-7-12(9-1-2-9)18(17-11)10-3-6-23(20,21)8-10/h4-5,7,9-10H,1-3,6,8H2,(H,15,16,19). The molecule has 1 atom stereocenters. The monoisotopic (exact) mass is 352 g/mol. The summed E-state index contributed by atoms with van der Waals surface area (Å²) < 4.78 is 25.2. The van der Waals surface area contributed by atoms with E-state index in [0.717, 1.165) is 18.5 Å². The Morgan fingerprint density at radius 1 is 1.35 bits per heavy atom. The third-order valence-corrected chi connectivity index (χ3v) is 6.64. The van der Waals surface area contributed by atoms with Gasteiger partial charge in [-0.05, 0) is 25.3 Å². The van der Waals surface area contributed by atoms with Crippen LogP contribution in [-0.2, 0) is 9.84 Å². The molecule has 3 heterocycles. The molecule has 0 aromatic carbocycles. The number of nitrogens with one attached hydrogen (secondary N) is 1. The van der Waals surface area contributed by atoms with E-state index in [0.29, 0.717) is 23.2 Å². The molecule has 1 amide bonds. The van der Waals surface area contributed by atoms with Crippen LogP contribution in [-0.4, -0.2) is 40.6 Å². The molecule has 4 rings (SSSR count). The molecule has 0 spiro atoms. The zero-order valence-corrected chi connectivity index (χ0v) is 13.9. The topological polar surface area (TPSA) is 94.0 Å². The van der Waals surface area contributed by atoms with Crippen molar-refractivity contribution in [1.29, 1.82) is 0 Å². The summed E-state index contributed by atoms with van der Waals surface area (Å²) in [6.07, 6.45) is 4.33. The van der Waals surface area contributed by atoms with E-state index in [1.807, 2.05) is 0 Å². The van der Waals surface area contributed by atoms with Crippen molar-refractivity contribution in [3.05, 3.63) is 29.0 Å². The van der Waals surface area contributed by atoms with Crippen LogP contribution in [0.2, 0.25) is 0 Å². The van der Waals surface area contributed by atoms with Crippen molar-refractivity contribution in [2.45, 2.75) is 31.2 Å². The van der Waals surface area contributed by atoms with E-state index in [1.54, 1.807) is 22.3 Å². The lowest BCUT2D eigenvalue weighted by Crippen LogP contribution is -2.17. The van der Waals surface area contributed by atoms with Gasteiger partial charge >= 0.3 is 0 Å². The molecule has 2 aromatic heterocycles. The predicted octanol–water partition coefficient (Wildman–Crippen LogP) is 1.83. The molecule has 122 valence electrons. The average Bonchev–Trinajstić information content (AvgIpc) is 2.92. The Bertz CT molecular complexity index is 838. The number of nitrogens with zero attached hydrogens (tertiary/aromatic N) is 3. The minimum atomic E-state index is -2.99. The number of hydrogen-bond donors (Lipinski definition) is 1. The Kier molecular flexibility index (Phi) is 3.49. The number of amides is 1. The smallest absolute Gasteiger partial charge is 0.277 e. The molecule has 1 aliphatic heterocycles. The van der Waals surface area contributed by atoms with Gasteiger partial charge in [0, 0.05) is 23.2 Å². The van der Waals surface area contributed by atoms with Crippen LogP contribution in [0.3, 0.4) is 0 Å². The molecule has 7 nitrogen and oxygen atoms in total. The SMILES string of the molecule is O=C(Nc1nccs1)c1cc(C2CC2)n(C2CCS(=O)(=O)C2)n1.